The minimum absolute atomic E-state index is 0.139. The number of aromatic nitrogens is 1. The quantitative estimate of drug-likeness (QED) is 0.251. The summed E-state index contributed by atoms with van der Waals surface area (Å²) >= 11 is 0. The van der Waals surface area contributed by atoms with E-state index in [1.807, 2.05) is 17.8 Å². The van der Waals surface area contributed by atoms with Gasteiger partial charge in [0.05, 0.1) is 0 Å². The molecule has 0 aliphatic heterocycles. The van der Waals surface area contributed by atoms with Crippen LogP contribution < -0.4 is 5.73 Å². The summed E-state index contributed by atoms with van der Waals surface area (Å²) in [6, 6.07) is 1.77. The van der Waals surface area contributed by atoms with E-state index in [1.54, 1.807) is 12.3 Å². The number of amidine groups is 1. The highest BCUT2D eigenvalue weighted by molar-refractivity contribution is 5.96. The van der Waals surface area contributed by atoms with Crippen LogP contribution in [0.5, 0.6) is 0 Å². The Morgan fingerprint density at radius 3 is 2.90 bits per heavy atom. The first-order valence-corrected chi connectivity index (χ1v) is 2.84. The Kier molecular flexibility index (Phi) is 1.62. The van der Waals surface area contributed by atoms with Crippen LogP contribution in [0.15, 0.2) is 23.6 Å². The highest BCUT2D eigenvalue weighted by atomic mass is 16.4. The van der Waals surface area contributed by atoms with Gasteiger partial charge in [0.25, 0.3) is 0 Å². The molecule has 0 saturated carbocycles. The van der Waals surface area contributed by atoms with E-state index in [1.165, 1.54) is 0 Å². The molecule has 0 spiro atoms. The van der Waals surface area contributed by atoms with Crippen molar-refractivity contribution in [3.8, 4) is 0 Å². The Bertz CT molecular complexity index is 251. The van der Waals surface area contributed by atoms with Gasteiger partial charge in [-0.15, -0.1) is 0 Å². The van der Waals surface area contributed by atoms with Crippen LogP contribution in [0, 0.1) is 0 Å². The fraction of sp³-hybridized carbons (Fsp3) is 0.167. The first kappa shape index (κ1) is 6.67. The van der Waals surface area contributed by atoms with Gasteiger partial charge in [-0.3, -0.25) is 0 Å². The number of nitrogens with zero attached hydrogens (tertiary/aromatic N) is 2. The second kappa shape index (κ2) is 2.43. The molecule has 0 aliphatic rings. The normalized spacial score (nSPS) is 11.9. The topological polar surface area (TPSA) is 63.5 Å². The summed E-state index contributed by atoms with van der Waals surface area (Å²) in [5.41, 5.74) is 6.02. The molecule has 1 aromatic rings. The van der Waals surface area contributed by atoms with E-state index in [0.29, 0.717) is 0 Å². The lowest BCUT2D eigenvalue weighted by Crippen LogP contribution is -2.11. The van der Waals surface area contributed by atoms with Crippen LogP contribution >= 0.6 is 0 Å². The number of hydrogen-bond acceptors (Lipinski definition) is 2. The van der Waals surface area contributed by atoms with Crippen molar-refractivity contribution in [3.63, 3.8) is 0 Å². The van der Waals surface area contributed by atoms with Gasteiger partial charge in [0.1, 0.15) is 0 Å². The molecule has 3 N–H and O–H groups in total. The minimum atomic E-state index is 0.139. The standard InChI is InChI=1S/C6H9N3O/c1-9-3-2-5(4-9)6(7)8-10/h2-4,10H,1H3,(H2,7,8). The largest absolute Gasteiger partial charge is 0.409 e. The molecule has 4 heteroatoms. The maximum absolute atomic E-state index is 8.25. The van der Waals surface area contributed by atoms with Crippen molar-refractivity contribution in [1.29, 1.82) is 0 Å². The molecule has 0 saturated heterocycles. The van der Waals surface area contributed by atoms with Crippen molar-refractivity contribution in [2.45, 2.75) is 0 Å². The van der Waals surface area contributed by atoms with E-state index in [0.717, 1.165) is 5.56 Å². The lowest BCUT2D eigenvalue weighted by molar-refractivity contribution is 0.318. The Hall–Kier alpha value is -1.45. The van der Waals surface area contributed by atoms with Crippen LogP contribution in [0.4, 0.5) is 0 Å². The zero-order valence-corrected chi connectivity index (χ0v) is 5.65. The first-order valence-electron chi connectivity index (χ1n) is 2.84. The van der Waals surface area contributed by atoms with Crippen LogP contribution in [0.1, 0.15) is 5.56 Å². The SMILES string of the molecule is Cn1ccc(/C(N)=N\O)c1. The van der Waals surface area contributed by atoms with Crippen LogP contribution in [0.25, 0.3) is 0 Å². The summed E-state index contributed by atoms with van der Waals surface area (Å²) in [5.74, 6) is 0.139. The second-order valence-electron chi connectivity index (χ2n) is 2.05. The molecule has 0 amide bonds. The van der Waals surface area contributed by atoms with Crippen molar-refractivity contribution in [2.24, 2.45) is 17.9 Å². The monoisotopic (exact) mass is 139 g/mol. The predicted molar refractivity (Wildman–Crippen MR) is 37.9 cm³/mol. The average Bonchev–Trinajstić information content (AvgIpc) is 2.34. The maximum Gasteiger partial charge on any atom is 0.171 e. The fourth-order valence-electron chi connectivity index (χ4n) is 0.713. The molecule has 0 fully saturated rings. The highest BCUT2D eigenvalue weighted by Crippen LogP contribution is 1.97. The summed E-state index contributed by atoms with van der Waals surface area (Å²) in [6.45, 7) is 0. The maximum atomic E-state index is 8.25. The molecule has 0 radical (unpaired) electrons. The van der Waals surface area contributed by atoms with E-state index in [-0.39, 0.29) is 5.84 Å². The smallest absolute Gasteiger partial charge is 0.171 e. The van der Waals surface area contributed by atoms with Crippen LogP contribution in [0.3, 0.4) is 0 Å². The van der Waals surface area contributed by atoms with E-state index in [4.69, 9.17) is 10.9 Å². The summed E-state index contributed by atoms with van der Waals surface area (Å²) in [6.07, 6.45) is 3.60. The van der Waals surface area contributed by atoms with Gasteiger partial charge in [0, 0.05) is 25.0 Å². The van der Waals surface area contributed by atoms with Gasteiger partial charge in [-0.2, -0.15) is 0 Å². The summed E-state index contributed by atoms with van der Waals surface area (Å²) in [7, 11) is 1.87. The predicted octanol–water partition coefficient (Wildman–Crippen LogP) is 0.120. The van der Waals surface area contributed by atoms with E-state index >= 15 is 0 Å². The Morgan fingerprint density at radius 2 is 2.50 bits per heavy atom. The molecule has 1 rings (SSSR count). The molecule has 0 unspecified atom stereocenters. The molecule has 0 bridgehead atoms. The lowest BCUT2D eigenvalue weighted by atomic mass is 10.3. The summed E-state index contributed by atoms with van der Waals surface area (Å²) in [5, 5.41) is 11.1. The first-order chi connectivity index (χ1) is 4.74. The third kappa shape index (κ3) is 1.10. The molecular formula is C6H9N3O. The molecule has 10 heavy (non-hydrogen) atoms. The zero-order valence-electron chi connectivity index (χ0n) is 5.65. The van der Waals surface area contributed by atoms with Crippen molar-refractivity contribution >= 4 is 5.84 Å². The van der Waals surface area contributed by atoms with Gasteiger partial charge in [0.15, 0.2) is 5.84 Å². The molecule has 0 aliphatic carbocycles. The summed E-state index contributed by atoms with van der Waals surface area (Å²) < 4.78 is 1.83. The van der Waals surface area contributed by atoms with E-state index in [9.17, 15) is 0 Å². The molecule has 0 aromatic carbocycles. The van der Waals surface area contributed by atoms with Gasteiger partial charge in [-0.1, -0.05) is 5.16 Å². The zero-order chi connectivity index (χ0) is 7.56. The number of oxime groups is 1. The number of rotatable bonds is 1. The number of hydrogen-bond donors (Lipinski definition) is 2. The molecule has 4 nitrogen and oxygen atoms in total. The van der Waals surface area contributed by atoms with E-state index in [2.05, 4.69) is 5.16 Å². The Morgan fingerprint density at radius 1 is 1.80 bits per heavy atom. The average molecular weight is 139 g/mol. The van der Waals surface area contributed by atoms with Crippen molar-refractivity contribution in [1.82, 2.24) is 4.57 Å². The highest BCUT2D eigenvalue weighted by Gasteiger charge is 1.97. The minimum Gasteiger partial charge on any atom is -0.409 e. The van der Waals surface area contributed by atoms with Gasteiger partial charge >= 0.3 is 0 Å². The molecule has 1 aromatic heterocycles. The third-order valence-electron chi connectivity index (χ3n) is 1.24. The van der Waals surface area contributed by atoms with E-state index < -0.39 is 0 Å². The Balaban J connectivity index is 2.95. The van der Waals surface area contributed by atoms with Crippen molar-refractivity contribution < 1.29 is 5.21 Å². The molecule has 1 heterocycles. The number of nitrogens with two attached hydrogens (primary N) is 1. The molecule has 54 valence electrons. The van der Waals surface area contributed by atoms with Gasteiger partial charge in [-0.05, 0) is 6.07 Å². The summed E-state index contributed by atoms with van der Waals surface area (Å²) in [4.78, 5) is 0. The Labute approximate surface area is 58.6 Å². The second-order valence-corrected chi connectivity index (χ2v) is 2.05. The molecular weight excluding hydrogens is 130 g/mol. The van der Waals surface area contributed by atoms with Gasteiger partial charge < -0.3 is 15.5 Å². The van der Waals surface area contributed by atoms with Crippen LogP contribution in [-0.2, 0) is 7.05 Å². The van der Waals surface area contributed by atoms with Crippen LogP contribution in [0.2, 0.25) is 0 Å². The van der Waals surface area contributed by atoms with Crippen LogP contribution in [-0.4, -0.2) is 15.6 Å². The number of aryl methyl sites for hydroxylation is 1. The fourth-order valence-corrected chi connectivity index (χ4v) is 0.713. The van der Waals surface area contributed by atoms with Crippen molar-refractivity contribution in [3.05, 3.63) is 24.0 Å². The van der Waals surface area contributed by atoms with Gasteiger partial charge in [0.2, 0.25) is 0 Å². The third-order valence-corrected chi connectivity index (χ3v) is 1.24. The molecule has 0 atom stereocenters. The van der Waals surface area contributed by atoms with Crippen molar-refractivity contribution in [2.75, 3.05) is 0 Å². The van der Waals surface area contributed by atoms with Gasteiger partial charge in [-0.25, -0.2) is 0 Å². The lowest BCUT2D eigenvalue weighted by Gasteiger charge is -1.89.